The number of allylic oxidation sites excluding steroid dienone is 1. The van der Waals surface area contributed by atoms with Gasteiger partial charge in [0.2, 0.25) is 0 Å². The van der Waals surface area contributed by atoms with Gasteiger partial charge in [-0.05, 0) is 126 Å². The fourth-order valence-corrected chi connectivity index (χ4v) is 9.56. The standard InChI is InChI=1S/C47H38S/c1-6-13-38-40-25-31(21-23-43(40)48-46(38)28(2)3)44-34-16-9-11-18-36(34)45(37-19-12-10-17-35(37)44)32-20-22-33-39-24-29-14-7-8-15-30(29)26-42(39)47(4,5)41(33)27-32/h6-28H,1-5H3/b13-6-. The van der Waals surface area contributed by atoms with Gasteiger partial charge in [-0.2, -0.15) is 0 Å². The molecule has 0 aliphatic heterocycles. The average Bonchev–Trinajstić information content (AvgIpc) is 3.57. The van der Waals surface area contributed by atoms with Gasteiger partial charge in [0, 0.05) is 20.4 Å². The van der Waals surface area contributed by atoms with E-state index in [1.807, 2.05) is 11.3 Å². The molecule has 0 fully saturated rings. The summed E-state index contributed by atoms with van der Waals surface area (Å²) in [7, 11) is 0. The second-order valence-electron chi connectivity index (χ2n) is 14.2. The highest BCUT2D eigenvalue weighted by molar-refractivity contribution is 7.19. The van der Waals surface area contributed by atoms with Gasteiger partial charge in [-0.15, -0.1) is 11.3 Å². The molecular formula is C47H38S. The van der Waals surface area contributed by atoms with Crippen molar-refractivity contribution in [1.82, 2.24) is 0 Å². The molecule has 232 valence electrons. The molecule has 0 amide bonds. The van der Waals surface area contributed by atoms with E-state index in [-0.39, 0.29) is 5.41 Å². The van der Waals surface area contributed by atoms with Gasteiger partial charge in [-0.3, -0.25) is 0 Å². The Morgan fingerprint density at radius 1 is 0.562 bits per heavy atom. The summed E-state index contributed by atoms with van der Waals surface area (Å²) in [6, 6.07) is 46.0. The van der Waals surface area contributed by atoms with Gasteiger partial charge in [0.1, 0.15) is 0 Å². The van der Waals surface area contributed by atoms with Crippen molar-refractivity contribution >= 4 is 59.8 Å². The van der Waals surface area contributed by atoms with Crippen molar-refractivity contribution < 1.29 is 0 Å². The zero-order valence-electron chi connectivity index (χ0n) is 28.2. The van der Waals surface area contributed by atoms with E-state index in [0.29, 0.717) is 5.92 Å². The fourth-order valence-electron chi connectivity index (χ4n) is 8.39. The number of benzene rings is 7. The second-order valence-corrected chi connectivity index (χ2v) is 15.3. The third-order valence-corrected chi connectivity index (χ3v) is 12.2. The molecule has 0 bridgehead atoms. The summed E-state index contributed by atoms with van der Waals surface area (Å²) in [6.07, 6.45) is 4.48. The third kappa shape index (κ3) is 4.20. The molecule has 0 unspecified atom stereocenters. The molecule has 1 aliphatic carbocycles. The van der Waals surface area contributed by atoms with Crippen molar-refractivity contribution in [1.29, 1.82) is 0 Å². The largest absolute Gasteiger partial charge is 0.139 e. The van der Waals surface area contributed by atoms with Crippen molar-refractivity contribution in [3.63, 3.8) is 0 Å². The predicted octanol–water partition coefficient (Wildman–Crippen LogP) is 14.2. The number of fused-ring (bicyclic) bond motifs is 7. The average molecular weight is 635 g/mol. The molecule has 0 radical (unpaired) electrons. The van der Waals surface area contributed by atoms with Crippen LogP contribution in [0, 0.1) is 0 Å². The van der Waals surface area contributed by atoms with Crippen molar-refractivity contribution in [2.75, 3.05) is 0 Å². The second kappa shape index (κ2) is 10.8. The first-order chi connectivity index (χ1) is 23.3. The fraction of sp³-hybridized carbons (Fsp3) is 0.149. The Kier molecular flexibility index (Phi) is 6.55. The van der Waals surface area contributed by atoms with Crippen LogP contribution in [0.1, 0.15) is 62.1 Å². The Balaban J connectivity index is 1.29. The minimum atomic E-state index is -0.0916. The zero-order chi connectivity index (χ0) is 32.7. The van der Waals surface area contributed by atoms with Gasteiger partial charge in [0.05, 0.1) is 0 Å². The summed E-state index contributed by atoms with van der Waals surface area (Å²) in [5.74, 6) is 0.488. The van der Waals surface area contributed by atoms with E-state index in [2.05, 4.69) is 168 Å². The van der Waals surface area contributed by atoms with E-state index in [4.69, 9.17) is 0 Å². The first-order valence-electron chi connectivity index (χ1n) is 17.2. The maximum absolute atomic E-state index is 2.49. The molecule has 9 rings (SSSR count). The Morgan fingerprint density at radius 3 is 1.71 bits per heavy atom. The minimum absolute atomic E-state index is 0.0916. The van der Waals surface area contributed by atoms with E-state index in [9.17, 15) is 0 Å². The number of thiophene rings is 1. The van der Waals surface area contributed by atoms with Crippen LogP contribution in [0.25, 0.3) is 81.9 Å². The predicted molar refractivity (Wildman–Crippen MR) is 212 cm³/mol. The molecule has 1 aromatic heterocycles. The van der Waals surface area contributed by atoms with Crippen LogP contribution in [0.3, 0.4) is 0 Å². The highest BCUT2D eigenvalue weighted by atomic mass is 32.1. The summed E-state index contributed by atoms with van der Waals surface area (Å²) >= 11 is 1.94. The Hall–Kier alpha value is -4.98. The highest BCUT2D eigenvalue weighted by Gasteiger charge is 2.36. The highest BCUT2D eigenvalue weighted by Crippen LogP contribution is 2.52. The Bertz CT molecular complexity index is 2570. The summed E-state index contributed by atoms with van der Waals surface area (Å²) in [6.45, 7) is 11.5. The molecule has 0 nitrogen and oxygen atoms in total. The van der Waals surface area contributed by atoms with Crippen molar-refractivity contribution in [3.05, 3.63) is 149 Å². The van der Waals surface area contributed by atoms with Crippen LogP contribution in [0.4, 0.5) is 0 Å². The Morgan fingerprint density at radius 2 is 1.10 bits per heavy atom. The molecule has 0 atom stereocenters. The molecular weight excluding hydrogens is 597 g/mol. The lowest BCUT2D eigenvalue weighted by Gasteiger charge is -2.23. The van der Waals surface area contributed by atoms with Crippen LogP contribution in [0.15, 0.2) is 127 Å². The summed E-state index contributed by atoms with van der Waals surface area (Å²) in [5, 5.41) is 9.15. The van der Waals surface area contributed by atoms with E-state index >= 15 is 0 Å². The Labute approximate surface area is 287 Å². The van der Waals surface area contributed by atoms with Gasteiger partial charge >= 0.3 is 0 Å². The van der Waals surface area contributed by atoms with Crippen LogP contribution in [-0.4, -0.2) is 0 Å². The summed E-state index contributed by atoms with van der Waals surface area (Å²) in [4.78, 5) is 1.46. The lowest BCUT2D eigenvalue weighted by atomic mass is 9.80. The summed E-state index contributed by atoms with van der Waals surface area (Å²) < 4.78 is 1.36. The quantitative estimate of drug-likeness (QED) is 0.169. The van der Waals surface area contributed by atoms with Crippen LogP contribution >= 0.6 is 11.3 Å². The van der Waals surface area contributed by atoms with Gasteiger partial charge in [-0.25, -0.2) is 0 Å². The van der Waals surface area contributed by atoms with Crippen molar-refractivity contribution in [2.45, 2.75) is 46.0 Å². The van der Waals surface area contributed by atoms with Crippen LogP contribution in [-0.2, 0) is 5.41 Å². The molecule has 8 aromatic rings. The van der Waals surface area contributed by atoms with Crippen LogP contribution in [0.2, 0.25) is 0 Å². The smallest absolute Gasteiger partial charge is 0.0352 e. The number of hydrogen-bond donors (Lipinski definition) is 0. The molecule has 0 saturated heterocycles. The van der Waals surface area contributed by atoms with E-state index in [1.165, 1.54) is 97.4 Å². The molecule has 48 heavy (non-hydrogen) atoms. The van der Waals surface area contributed by atoms with Crippen LogP contribution < -0.4 is 0 Å². The third-order valence-electron chi connectivity index (χ3n) is 10.7. The van der Waals surface area contributed by atoms with E-state index < -0.39 is 0 Å². The number of rotatable bonds is 4. The molecule has 1 aliphatic rings. The van der Waals surface area contributed by atoms with Gasteiger partial charge in [0.15, 0.2) is 0 Å². The normalized spacial score (nSPS) is 13.8. The molecule has 0 N–H and O–H groups in total. The van der Waals surface area contributed by atoms with Gasteiger partial charge in [0.25, 0.3) is 0 Å². The molecule has 1 heterocycles. The van der Waals surface area contributed by atoms with Crippen molar-refractivity contribution in [3.8, 4) is 33.4 Å². The maximum atomic E-state index is 2.49. The topological polar surface area (TPSA) is 0 Å². The molecule has 0 spiro atoms. The molecule has 7 aromatic carbocycles. The summed E-state index contributed by atoms with van der Waals surface area (Å²) in [5.41, 5.74) is 12.0. The van der Waals surface area contributed by atoms with Gasteiger partial charge in [-0.1, -0.05) is 131 Å². The molecule has 0 saturated carbocycles. The maximum Gasteiger partial charge on any atom is 0.0352 e. The first-order valence-corrected chi connectivity index (χ1v) is 18.0. The first kappa shape index (κ1) is 29.2. The van der Waals surface area contributed by atoms with E-state index in [1.54, 1.807) is 0 Å². The minimum Gasteiger partial charge on any atom is -0.139 e. The lowest BCUT2D eigenvalue weighted by Crippen LogP contribution is -2.15. The van der Waals surface area contributed by atoms with Gasteiger partial charge < -0.3 is 0 Å². The SMILES string of the molecule is C/C=C\c1c(C(C)C)sc2ccc(-c3c4ccccc4c(-c4ccc5c(c4)C(C)(C)c4cc6ccccc6cc4-5)c4ccccc34)cc12. The molecule has 1 heteroatoms. The van der Waals surface area contributed by atoms with Crippen molar-refractivity contribution in [2.24, 2.45) is 0 Å². The monoisotopic (exact) mass is 634 g/mol. The number of hydrogen-bond acceptors (Lipinski definition) is 1. The van der Waals surface area contributed by atoms with Crippen LogP contribution in [0.5, 0.6) is 0 Å². The lowest BCUT2D eigenvalue weighted by molar-refractivity contribution is 0.661. The zero-order valence-corrected chi connectivity index (χ0v) is 29.0. The van der Waals surface area contributed by atoms with E-state index in [0.717, 1.165) is 0 Å².